The highest BCUT2D eigenvalue weighted by Gasteiger charge is 2.23. The van der Waals surface area contributed by atoms with Gasteiger partial charge in [0.05, 0.1) is 5.56 Å². The quantitative estimate of drug-likeness (QED) is 0.237. The van der Waals surface area contributed by atoms with Crippen LogP contribution in [0, 0.1) is 17.8 Å². The van der Waals surface area contributed by atoms with Gasteiger partial charge in [-0.3, -0.25) is 0 Å². The zero-order valence-electron chi connectivity index (χ0n) is 23.9. The third-order valence-electron chi connectivity index (χ3n) is 9.46. The smallest absolute Gasteiger partial charge is 0.267 e. The Morgan fingerprint density at radius 1 is 0.711 bits per heavy atom. The van der Waals surface area contributed by atoms with E-state index >= 15 is 0 Å². The molecule has 0 radical (unpaired) electrons. The molecule has 0 atom stereocenters. The van der Waals surface area contributed by atoms with Crippen molar-refractivity contribution in [3.63, 3.8) is 0 Å². The highest BCUT2D eigenvalue weighted by molar-refractivity contribution is 5.42. The number of hydrogen-bond acceptors (Lipinski definition) is 1. The van der Waals surface area contributed by atoms with E-state index in [9.17, 15) is 8.78 Å². The van der Waals surface area contributed by atoms with Gasteiger partial charge < -0.3 is 4.74 Å². The first kappa shape index (κ1) is 29.1. The summed E-state index contributed by atoms with van der Waals surface area (Å²) in [5.74, 6) is 4.15. The molecule has 2 aliphatic rings. The Bertz CT molecular complexity index is 937. The molecule has 0 bridgehead atoms. The summed E-state index contributed by atoms with van der Waals surface area (Å²) in [6.07, 6.45) is 18.1. The van der Waals surface area contributed by atoms with E-state index in [-0.39, 0.29) is 5.56 Å². The Labute approximate surface area is 230 Å². The van der Waals surface area contributed by atoms with Crippen molar-refractivity contribution in [3.05, 3.63) is 59.2 Å². The largest absolute Gasteiger partial charge is 0.457 e. The van der Waals surface area contributed by atoms with Crippen LogP contribution in [0.15, 0.2) is 42.5 Å². The topological polar surface area (TPSA) is 9.23 Å². The molecule has 0 N–H and O–H groups in total. The standard InChI is InChI=1S/C35H50F2O/c1-3-5-6-8-27-15-18-30(19-16-27)31-20-22-32(23-21-31)38-34-25-29(17-24-33(34)35(36)37)14-13-28-11-9-26(7-4-2)10-12-28/h17,20-28,30,35H,3-16,18-19H2,1-2H3. The summed E-state index contributed by atoms with van der Waals surface area (Å²) in [5, 5.41) is 0. The van der Waals surface area contributed by atoms with Crippen LogP contribution in [0.1, 0.15) is 139 Å². The normalized spacial score (nSPS) is 24.0. The van der Waals surface area contributed by atoms with E-state index in [0.29, 0.717) is 17.4 Å². The molecule has 2 aromatic rings. The number of benzene rings is 2. The minimum absolute atomic E-state index is 0.0145. The molecule has 0 saturated heterocycles. The lowest BCUT2D eigenvalue weighted by molar-refractivity contribution is 0.148. The van der Waals surface area contributed by atoms with Gasteiger partial charge in [0.15, 0.2) is 0 Å². The van der Waals surface area contributed by atoms with Gasteiger partial charge >= 0.3 is 0 Å². The monoisotopic (exact) mass is 524 g/mol. The number of aryl methyl sites for hydroxylation is 1. The SMILES string of the molecule is CCCCCC1CCC(c2ccc(Oc3cc(CCC4CCC(CCC)CC4)ccc3C(F)F)cc2)CC1. The molecule has 2 aliphatic carbocycles. The molecule has 1 nitrogen and oxygen atoms in total. The molecule has 38 heavy (non-hydrogen) atoms. The summed E-state index contributed by atoms with van der Waals surface area (Å²) < 4.78 is 33.7. The van der Waals surface area contributed by atoms with Gasteiger partial charge in [0, 0.05) is 0 Å². The molecule has 2 saturated carbocycles. The molecule has 2 aromatic carbocycles. The van der Waals surface area contributed by atoms with Gasteiger partial charge in [0.25, 0.3) is 6.43 Å². The summed E-state index contributed by atoms with van der Waals surface area (Å²) in [5.41, 5.74) is 2.45. The van der Waals surface area contributed by atoms with Crippen molar-refractivity contribution >= 4 is 0 Å². The van der Waals surface area contributed by atoms with Crippen LogP contribution in [0.3, 0.4) is 0 Å². The zero-order valence-corrected chi connectivity index (χ0v) is 23.9. The Kier molecular flexibility index (Phi) is 11.5. The second kappa shape index (κ2) is 15.0. The van der Waals surface area contributed by atoms with Crippen molar-refractivity contribution in [1.29, 1.82) is 0 Å². The molecule has 0 aromatic heterocycles. The first-order valence-corrected chi connectivity index (χ1v) is 15.7. The summed E-state index contributed by atoms with van der Waals surface area (Å²) in [7, 11) is 0. The number of halogens is 2. The molecule has 0 aliphatic heterocycles. The van der Waals surface area contributed by atoms with Crippen molar-refractivity contribution in [2.75, 3.05) is 0 Å². The molecular formula is C35H50F2O. The highest BCUT2D eigenvalue weighted by atomic mass is 19.3. The second-order valence-electron chi connectivity index (χ2n) is 12.3. The maximum atomic E-state index is 13.8. The number of hydrogen-bond donors (Lipinski definition) is 0. The predicted octanol–water partition coefficient (Wildman–Crippen LogP) is 11.8. The third kappa shape index (κ3) is 8.55. The van der Waals surface area contributed by atoms with Crippen molar-refractivity contribution in [3.8, 4) is 11.5 Å². The second-order valence-corrected chi connectivity index (χ2v) is 12.3. The molecular weight excluding hydrogens is 474 g/mol. The number of ether oxygens (including phenoxy) is 1. The van der Waals surface area contributed by atoms with Gasteiger partial charge in [-0.2, -0.15) is 0 Å². The van der Waals surface area contributed by atoms with Gasteiger partial charge in [-0.1, -0.05) is 96.3 Å². The maximum absolute atomic E-state index is 13.8. The van der Waals surface area contributed by atoms with Crippen LogP contribution in [0.2, 0.25) is 0 Å². The van der Waals surface area contributed by atoms with Gasteiger partial charge in [0.2, 0.25) is 0 Å². The van der Waals surface area contributed by atoms with Crippen LogP contribution in [0.5, 0.6) is 11.5 Å². The molecule has 0 spiro atoms. The van der Waals surface area contributed by atoms with E-state index in [1.807, 2.05) is 24.3 Å². The average molecular weight is 525 g/mol. The van der Waals surface area contributed by atoms with Crippen molar-refractivity contribution < 1.29 is 13.5 Å². The van der Waals surface area contributed by atoms with Crippen LogP contribution in [-0.2, 0) is 6.42 Å². The lowest BCUT2D eigenvalue weighted by Crippen LogP contribution is -2.15. The van der Waals surface area contributed by atoms with Crippen molar-refractivity contribution in [1.82, 2.24) is 0 Å². The van der Waals surface area contributed by atoms with E-state index in [2.05, 4.69) is 26.0 Å². The van der Waals surface area contributed by atoms with Gasteiger partial charge in [0.1, 0.15) is 11.5 Å². The molecule has 0 unspecified atom stereocenters. The van der Waals surface area contributed by atoms with Crippen molar-refractivity contribution in [2.24, 2.45) is 17.8 Å². The first-order chi connectivity index (χ1) is 18.6. The summed E-state index contributed by atoms with van der Waals surface area (Å²) >= 11 is 0. The number of alkyl halides is 2. The Morgan fingerprint density at radius 2 is 1.34 bits per heavy atom. The fraction of sp³-hybridized carbons (Fsp3) is 0.657. The molecule has 2 fully saturated rings. The molecule has 0 heterocycles. The molecule has 0 amide bonds. The number of unbranched alkanes of at least 4 members (excludes halogenated alkanes) is 2. The van der Waals surface area contributed by atoms with Crippen LogP contribution >= 0.6 is 0 Å². The van der Waals surface area contributed by atoms with E-state index < -0.39 is 6.43 Å². The molecule has 210 valence electrons. The fourth-order valence-corrected chi connectivity index (χ4v) is 6.99. The first-order valence-electron chi connectivity index (χ1n) is 15.7. The zero-order chi connectivity index (χ0) is 26.7. The Balaban J connectivity index is 1.31. The van der Waals surface area contributed by atoms with Crippen molar-refractivity contribution in [2.45, 2.75) is 129 Å². The van der Waals surface area contributed by atoms with Gasteiger partial charge in [-0.15, -0.1) is 0 Å². The lowest BCUT2D eigenvalue weighted by Gasteiger charge is -2.29. The van der Waals surface area contributed by atoms with Crippen LogP contribution in [-0.4, -0.2) is 0 Å². The van der Waals surface area contributed by atoms with E-state index in [1.165, 1.54) is 95.5 Å². The summed E-state index contributed by atoms with van der Waals surface area (Å²) in [4.78, 5) is 0. The highest BCUT2D eigenvalue weighted by Crippen LogP contribution is 2.40. The average Bonchev–Trinajstić information content (AvgIpc) is 2.94. The van der Waals surface area contributed by atoms with E-state index in [0.717, 1.165) is 36.2 Å². The molecule has 4 rings (SSSR count). The van der Waals surface area contributed by atoms with E-state index in [1.54, 1.807) is 6.07 Å². The minimum Gasteiger partial charge on any atom is -0.457 e. The lowest BCUT2D eigenvalue weighted by atomic mass is 9.77. The van der Waals surface area contributed by atoms with Crippen LogP contribution in [0.4, 0.5) is 8.78 Å². The predicted molar refractivity (Wildman–Crippen MR) is 155 cm³/mol. The van der Waals surface area contributed by atoms with Crippen LogP contribution in [0.25, 0.3) is 0 Å². The third-order valence-corrected chi connectivity index (χ3v) is 9.46. The Hall–Kier alpha value is -1.90. The van der Waals surface area contributed by atoms with E-state index in [4.69, 9.17) is 4.74 Å². The summed E-state index contributed by atoms with van der Waals surface area (Å²) in [6.45, 7) is 4.56. The van der Waals surface area contributed by atoms with Gasteiger partial charge in [-0.25, -0.2) is 8.78 Å². The Morgan fingerprint density at radius 3 is 1.97 bits per heavy atom. The maximum Gasteiger partial charge on any atom is 0.267 e. The van der Waals surface area contributed by atoms with Gasteiger partial charge in [-0.05, 0) is 97.6 Å². The fourth-order valence-electron chi connectivity index (χ4n) is 6.99. The minimum atomic E-state index is -2.54. The molecule has 3 heteroatoms. The number of rotatable bonds is 13. The van der Waals surface area contributed by atoms with Crippen LogP contribution < -0.4 is 4.74 Å². The summed E-state index contributed by atoms with van der Waals surface area (Å²) in [6, 6.07) is 13.5.